The summed E-state index contributed by atoms with van der Waals surface area (Å²) in [6, 6.07) is 12.2. The van der Waals surface area contributed by atoms with E-state index in [0.29, 0.717) is 22.9 Å². The van der Waals surface area contributed by atoms with Crippen LogP contribution in [0.5, 0.6) is 11.5 Å². The molecular weight excluding hydrogens is 378 g/mol. The van der Waals surface area contributed by atoms with E-state index in [-0.39, 0.29) is 6.79 Å². The average molecular weight is 399 g/mol. The van der Waals surface area contributed by atoms with Gasteiger partial charge in [0.05, 0.1) is 0 Å². The number of hydrogen-bond acceptors (Lipinski definition) is 6. The fourth-order valence-electron chi connectivity index (χ4n) is 2.49. The fourth-order valence-corrected chi connectivity index (χ4v) is 2.49. The van der Waals surface area contributed by atoms with Gasteiger partial charge >= 0.3 is 12.0 Å². The molecule has 0 spiro atoms. The highest BCUT2D eigenvalue weighted by molar-refractivity contribution is 5.96. The van der Waals surface area contributed by atoms with E-state index >= 15 is 0 Å². The number of carbonyl (C=O) groups is 3. The van der Waals surface area contributed by atoms with Crippen LogP contribution < -0.4 is 25.4 Å². The summed E-state index contributed by atoms with van der Waals surface area (Å²) in [5.41, 5.74) is 1.07. The zero-order valence-electron chi connectivity index (χ0n) is 15.9. The smallest absolute Gasteiger partial charge is 0.329 e. The summed E-state index contributed by atoms with van der Waals surface area (Å²) in [7, 11) is 0. The molecule has 0 radical (unpaired) electrons. The van der Waals surface area contributed by atoms with Crippen molar-refractivity contribution in [3.8, 4) is 11.5 Å². The lowest BCUT2D eigenvalue weighted by Crippen LogP contribution is -2.44. The van der Waals surface area contributed by atoms with Crippen molar-refractivity contribution < 1.29 is 28.6 Å². The SMILES string of the molecule is C[C@H](NC(=O)Nc1ccccc1)C(=O)O[C@H](C)C(=O)Nc1ccc2c(c1)OCO2. The third-order valence-electron chi connectivity index (χ3n) is 4.04. The van der Waals surface area contributed by atoms with Crippen LogP contribution in [-0.4, -0.2) is 36.8 Å². The van der Waals surface area contributed by atoms with E-state index < -0.39 is 30.1 Å². The van der Waals surface area contributed by atoms with E-state index in [4.69, 9.17) is 14.2 Å². The van der Waals surface area contributed by atoms with Crippen molar-refractivity contribution in [2.45, 2.75) is 26.0 Å². The Hall–Kier alpha value is -3.75. The van der Waals surface area contributed by atoms with Crippen molar-refractivity contribution in [3.05, 3.63) is 48.5 Å². The molecule has 9 heteroatoms. The summed E-state index contributed by atoms with van der Waals surface area (Å²) in [6.07, 6.45) is -1.06. The van der Waals surface area contributed by atoms with E-state index in [1.807, 2.05) is 6.07 Å². The molecule has 29 heavy (non-hydrogen) atoms. The van der Waals surface area contributed by atoms with Crippen LogP contribution in [0.25, 0.3) is 0 Å². The second kappa shape index (κ2) is 8.96. The number of anilines is 2. The first-order valence-electron chi connectivity index (χ1n) is 8.96. The molecule has 152 valence electrons. The molecule has 0 aromatic heterocycles. The summed E-state index contributed by atoms with van der Waals surface area (Å²) >= 11 is 0. The van der Waals surface area contributed by atoms with Gasteiger partial charge in [-0.15, -0.1) is 0 Å². The summed E-state index contributed by atoms with van der Waals surface area (Å²) in [6.45, 7) is 3.04. The van der Waals surface area contributed by atoms with Crippen LogP contribution in [0.2, 0.25) is 0 Å². The van der Waals surface area contributed by atoms with Crippen molar-refractivity contribution in [3.63, 3.8) is 0 Å². The molecule has 0 saturated carbocycles. The normalized spacial score (nSPS) is 13.7. The Balaban J connectivity index is 1.47. The minimum absolute atomic E-state index is 0.128. The highest BCUT2D eigenvalue weighted by Gasteiger charge is 2.24. The molecule has 0 unspecified atom stereocenters. The van der Waals surface area contributed by atoms with Crippen molar-refractivity contribution in [2.75, 3.05) is 17.4 Å². The lowest BCUT2D eigenvalue weighted by Gasteiger charge is -2.18. The van der Waals surface area contributed by atoms with Gasteiger partial charge in [0.1, 0.15) is 6.04 Å². The van der Waals surface area contributed by atoms with Crippen molar-refractivity contribution in [1.82, 2.24) is 5.32 Å². The monoisotopic (exact) mass is 399 g/mol. The molecule has 3 N–H and O–H groups in total. The molecule has 1 aliphatic heterocycles. The van der Waals surface area contributed by atoms with Gasteiger partial charge in [0.2, 0.25) is 6.79 Å². The topological polar surface area (TPSA) is 115 Å². The predicted octanol–water partition coefficient (Wildman–Crippen LogP) is 2.50. The largest absolute Gasteiger partial charge is 0.454 e. The molecule has 1 aliphatic rings. The highest BCUT2D eigenvalue weighted by atomic mass is 16.7. The Morgan fingerprint density at radius 2 is 1.66 bits per heavy atom. The second-order valence-electron chi connectivity index (χ2n) is 6.32. The number of nitrogens with one attached hydrogen (secondary N) is 3. The number of para-hydroxylation sites is 1. The van der Waals surface area contributed by atoms with Gasteiger partial charge in [-0.25, -0.2) is 9.59 Å². The molecular formula is C20H21N3O6. The fraction of sp³-hybridized carbons (Fsp3) is 0.250. The van der Waals surface area contributed by atoms with E-state index in [2.05, 4.69) is 16.0 Å². The van der Waals surface area contributed by atoms with Crippen LogP contribution in [0.1, 0.15) is 13.8 Å². The molecule has 0 bridgehead atoms. The number of benzene rings is 2. The average Bonchev–Trinajstić information content (AvgIpc) is 3.16. The van der Waals surface area contributed by atoms with E-state index in [1.165, 1.54) is 13.8 Å². The molecule has 9 nitrogen and oxygen atoms in total. The maximum absolute atomic E-state index is 12.3. The third kappa shape index (κ3) is 5.38. The standard InChI is InChI=1S/C20H21N3O6/c1-12(21-20(26)23-14-6-4-3-5-7-14)19(25)29-13(2)18(24)22-15-8-9-16-17(10-15)28-11-27-16/h3-10,12-13H,11H2,1-2H3,(H,22,24)(H2,21,23,26)/t12-,13+/m0/s1. The Bertz CT molecular complexity index is 902. The van der Waals surface area contributed by atoms with Gasteiger partial charge in [0.15, 0.2) is 17.6 Å². The van der Waals surface area contributed by atoms with Crippen LogP contribution in [0.15, 0.2) is 48.5 Å². The van der Waals surface area contributed by atoms with Gasteiger partial charge in [0, 0.05) is 17.4 Å². The molecule has 3 amide bonds. The Morgan fingerprint density at radius 3 is 2.41 bits per heavy atom. The van der Waals surface area contributed by atoms with Crippen molar-refractivity contribution >= 4 is 29.3 Å². The number of amides is 3. The van der Waals surface area contributed by atoms with Crippen molar-refractivity contribution in [1.29, 1.82) is 0 Å². The van der Waals surface area contributed by atoms with E-state index in [1.54, 1.807) is 42.5 Å². The minimum atomic E-state index is -1.06. The second-order valence-corrected chi connectivity index (χ2v) is 6.32. The number of fused-ring (bicyclic) bond motifs is 1. The van der Waals surface area contributed by atoms with Crippen LogP contribution in [-0.2, 0) is 14.3 Å². The number of carbonyl (C=O) groups excluding carboxylic acids is 3. The minimum Gasteiger partial charge on any atom is -0.454 e. The molecule has 0 aliphatic carbocycles. The zero-order chi connectivity index (χ0) is 20.8. The zero-order valence-corrected chi connectivity index (χ0v) is 15.9. The number of urea groups is 1. The molecule has 1 heterocycles. The van der Waals surface area contributed by atoms with E-state index in [9.17, 15) is 14.4 Å². The molecule has 0 fully saturated rings. The van der Waals surface area contributed by atoms with Crippen LogP contribution in [0.4, 0.5) is 16.2 Å². The molecule has 0 saturated heterocycles. The summed E-state index contributed by atoms with van der Waals surface area (Å²) in [4.78, 5) is 36.4. The Kier molecular flexibility index (Phi) is 6.18. The lowest BCUT2D eigenvalue weighted by molar-refractivity contribution is -0.154. The number of rotatable bonds is 6. The first kappa shape index (κ1) is 20.0. The Morgan fingerprint density at radius 1 is 0.931 bits per heavy atom. The van der Waals surface area contributed by atoms with Crippen molar-refractivity contribution in [2.24, 2.45) is 0 Å². The summed E-state index contributed by atoms with van der Waals surface area (Å²) < 4.78 is 15.6. The number of ether oxygens (including phenoxy) is 3. The van der Waals surface area contributed by atoms with Gasteiger partial charge in [-0.2, -0.15) is 0 Å². The molecule has 2 aromatic carbocycles. The quantitative estimate of drug-likeness (QED) is 0.643. The molecule has 2 aromatic rings. The van der Waals surface area contributed by atoms with E-state index in [0.717, 1.165) is 0 Å². The highest BCUT2D eigenvalue weighted by Crippen LogP contribution is 2.34. The maximum atomic E-state index is 12.3. The maximum Gasteiger partial charge on any atom is 0.329 e. The first-order valence-corrected chi connectivity index (χ1v) is 8.96. The van der Waals surface area contributed by atoms with Gasteiger partial charge < -0.3 is 30.2 Å². The van der Waals surface area contributed by atoms with Crippen LogP contribution >= 0.6 is 0 Å². The lowest BCUT2D eigenvalue weighted by atomic mass is 10.2. The number of esters is 1. The van der Waals surface area contributed by atoms with Gasteiger partial charge in [0.25, 0.3) is 5.91 Å². The molecule has 2 atom stereocenters. The summed E-state index contributed by atoms with van der Waals surface area (Å²) in [5, 5.41) is 7.70. The predicted molar refractivity (Wildman–Crippen MR) is 105 cm³/mol. The van der Waals surface area contributed by atoms with Crippen LogP contribution in [0.3, 0.4) is 0 Å². The van der Waals surface area contributed by atoms with Gasteiger partial charge in [-0.3, -0.25) is 4.79 Å². The van der Waals surface area contributed by atoms with Gasteiger partial charge in [-0.1, -0.05) is 18.2 Å². The molecule has 3 rings (SSSR count). The summed E-state index contributed by atoms with van der Waals surface area (Å²) in [5.74, 6) is -0.134. The first-order chi connectivity index (χ1) is 13.9. The van der Waals surface area contributed by atoms with Gasteiger partial charge in [-0.05, 0) is 38.1 Å². The number of hydrogen-bond donors (Lipinski definition) is 3. The van der Waals surface area contributed by atoms with Crippen LogP contribution in [0, 0.1) is 0 Å². The third-order valence-corrected chi connectivity index (χ3v) is 4.04. The Labute approximate surface area is 167 Å².